The average Bonchev–Trinajstić information content (AvgIpc) is 2.18. The van der Waals surface area contributed by atoms with Crippen LogP contribution in [0.25, 0.3) is 0 Å². The van der Waals surface area contributed by atoms with E-state index in [1.807, 2.05) is 0 Å². The van der Waals surface area contributed by atoms with E-state index in [0.717, 1.165) is 0 Å². The maximum Gasteiger partial charge on any atom is 0.311 e. The van der Waals surface area contributed by atoms with Crippen molar-refractivity contribution in [2.24, 2.45) is 10.7 Å². The van der Waals surface area contributed by atoms with Crippen LogP contribution in [0.2, 0.25) is 0 Å². The van der Waals surface area contributed by atoms with Crippen molar-refractivity contribution >= 4 is 17.5 Å². The summed E-state index contributed by atoms with van der Waals surface area (Å²) < 4.78 is 0. The van der Waals surface area contributed by atoms with Crippen LogP contribution in [0.1, 0.15) is 0 Å². The molecule has 14 heavy (non-hydrogen) atoms. The van der Waals surface area contributed by atoms with Crippen LogP contribution in [0.3, 0.4) is 0 Å². The third-order valence-corrected chi connectivity index (χ3v) is 1.47. The Labute approximate surface area is 79.8 Å². The van der Waals surface area contributed by atoms with E-state index in [-0.39, 0.29) is 17.5 Å². The zero-order chi connectivity index (χ0) is 10.6. The maximum atomic E-state index is 10.5. The third kappa shape index (κ3) is 2.16. The van der Waals surface area contributed by atoms with Gasteiger partial charge in [0.1, 0.15) is 0 Å². The van der Waals surface area contributed by atoms with Crippen molar-refractivity contribution in [2.75, 3.05) is 12.4 Å². The van der Waals surface area contributed by atoms with Crippen LogP contribution >= 0.6 is 0 Å². The minimum Gasteiger partial charge on any atom is -0.370 e. The molecule has 7 nitrogen and oxygen atoms in total. The quantitative estimate of drug-likeness (QED) is 0.306. The van der Waals surface area contributed by atoms with Gasteiger partial charge in [0.25, 0.3) is 0 Å². The van der Waals surface area contributed by atoms with Crippen molar-refractivity contribution in [2.45, 2.75) is 0 Å². The standard InChI is InChI=1S/C7H9N5O2/c1-9-7(8)11-6-5(12(13)14)3-2-4-10-6/h2-4H,1H3,(H3,8,9,10,11). The van der Waals surface area contributed by atoms with Crippen LogP contribution in [0.15, 0.2) is 23.3 Å². The summed E-state index contributed by atoms with van der Waals surface area (Å²) in [5, 5.41) is 13.1. The Morgan fingerprint density at radius 3 is 3.07 bits per heavy atom. The first-order valence-electron chi connectivity index (χ1n) is 3.74. The first kappa shape index (κ1) is 9.90. The Kier molecular flexibility index (Phi) is 2.95. The minimum atomic E-state index is -0.543. The van der Waals surface area contributed by atoms with Gasteiger partial charge in [0.2, 0.25) is 5.82 Å². The first-order chi connectivity index (χ1) is 6.65. The number of aliphatic imine (C=N–C) groups is 1. The van der Waals surface area contributed by atoms with E-state index in [0.29, 0.717) is 0 Å². The van der Waals surface area contributed by atoms with Crippen molar-refractivity contribution in [3.63, 3.8) is 0 Å². The van der Waals surface area contributed by atoms with Crippen LogP contribution in [0.4, 0.5) is 11.5 Å². The zero-order valence-electron chi connectivity index (χ0n) is 7.47. The molecular weight excluding hydrogens is 186 g/mol. The van der Waals surface area contributed by atoms with Gasteiger partial charge in [-0.15, -0.1) is 0 Å². The summed E-state index contributed by atoms with van der Waals surface area (Å²) in [6.07, 6.45) is 1.43. The number of pyridine rings is 1. The third-order valence-electron chi connectivity index (χ3n) is 1.47. The van der Waals surface area contributed by atoms with Gasteiger partial charge in [0.05, 0.1) is 4.92 Å². The molecular formula is C7H9N5O2. The molecule has 1 aromatic rings. The minimum absolute atomic E-state index is 0.0757. The molecule has 0 aromatic carbocycles. The molecule has 3 N–H and O–H groups in total. The van der Waals surface area contributed by atoms with E-state index >= 15 is 0 Å². The second-order valence-electron chi connectivity index (χ2n) is 2.36. The van der Waals surface area contributed by atoms with Gasteiger partial charge in [0, 0.05) is 19.3 Å². The molecule has 0 aliphatic carbocycles. The van der Waals surface area contributed by atoms with Crippen LogP contribution in [-0.4, -0.2) is 22.9 Å². The highest BCUT2D eigenvalue weighted by Crippen LogP contribution is 2.19. The molecule has 0 bridgehead atoms. The van der Waals surface area contributed by atoms with E-state index in [1.54, 1.807) is 0 Å². The monoisotopic (exact) mass is 195 g/mol. The predicted molar refractivity (Wildman–Crippen MR) is 52.1 cm³/mol. The summed E-state index contributed by atoms with van der Waals surface area (Å²) in [5.41, 5.74) is 5.21. The number of aromatic nitrogens is 1. The summed E-state index contributed by atoms with van der Waals surface area (Å²) in [4.78, 5) is 17.4. The molecule has 0 radical (unpaired) electrons. The number of anilines is 1. The molecule has 1 aromatic heterocycles. The molecule has 0 saturated carbocycles. The molecule has 0 atom stereocenters. The lowest BCUT2D eigenvalue weighted by Gasteiger charge is -2.03. The highest BCUT2D eigenvalue weighted by molar-refractivity contribution is 5.93. The van der Waals surface area contributed by atoms with Crippen molar-refractivity contribution in [1.82, 2.24) is 4.98 Å². The van der Waals surface area contributed by atoms with E-state index in [4.69, 9.17) is 5.73 Å². The Balaban J connectivity index is 3.02. The lowest BCUT2D eigenvalue weighted by molar-refractivity contribution is -0.384. The molecule has 0 fully saturated rings. The normalized spacial score (nSPS) is 11.1. The topological polar surface area (TPSA) is 106 Å². The first-order valence-corrected chi connectivity index (χ1v) is 3.74. The summed E-state index contributed by atoms with van der Waals surface area (Å²) in [5.74, 6) is 0.160. The highest BCUT2D eigenvalue weighted by Gasteiger charge is 2.13. The molecule has 0 aliphatic heterocycles. The molecule has 0 aliphatic rings. The van der Waals surface area contributed by atoms with Crippen LogP contribution < -0.4 is 11.1 Å². The molecule has 0 saturated heterocycles. The van der Waals surface area contributed by atoms with E-state index in [9.17, 15) is 10.1 Å². The van der Waals surface area contributed by atoms with Crippen LogP contribution in [0, 0.1) is 10.1 Å². The number of nitrogens with one attached hydrogen (secondary N) is 1. The smallest absolute Gasteiger partial charge is 0.311 e. The van der Waals surface area contributed by atoms with E-state index in [1.165, 1.54) is 25.4 Å². The van der Waals surface area contributed by atoms with E-state index in [2.05, 4.69) is 15.3 Å². The lowest BCUT2D eigenvalue weighted by Crippen LogP contribution is -2.23. The number of nitrogens with zero attached hydrogens (tertiary/aromatic N) is 3. The van der Waals surface area contributed by atoms with Crippen molar-refractivity contribution < 1.29 is 4.92 Å². The molecule has 1 rings (SSSR count). The van der Waals surface area contributed by atoms with Crippen molar-refractivity contribution in [3.8, 4) is 0 Å². The molecule has 74 valence electrons. The Morgan fingerprint density at radius 1 is 1.79 bits per heavy atom. The van der Waals surface area contributed by atoms with Gasteiger partial charge in [-0.25, -0.2) is 4.98 Å². The van der Waals surface area contributed by atoms with Crippen molar-refractivity contribution in [3.05, 3.63) is 28.4 Å². The number of nitrogens with two attached hydrogens (primary N) is 1. The largest absolute Gasteiger partial charge is 0.370 e. The maximum absolute atomic E-state index is 10.5. The van der Waals surface area contributed by atoms with Gasteiger partial charge in [-0.2, -0.15) is 0 Å². The zero-order valence-corrected chi connectivity index (χ0v) is 7.47. The second-order valence-corrected chi connectivity index (χ2v) is 2.36. The lowest BCUT2D eigenvalue weighted by atomic mass is 10.4. The Hall–Kier alpha value is -2.18. The van der Waals surface area contributed by atoms with Crippen molar-refractivity contribution in [1.29, 1.82) is 0 Å². The van der Waals surface area contributed by atoms with Gasteiger partial charge in [0.15, 0.2) is 5.96 Å². The Morgan fingerprint density at radius 2 is 2.50 bits per heavy atom. The fraction of sp³-hybridized carbons (Fsp3) is 0.143. The van der Waals surface area contributed by atoms with Gasteiger partial charge in [-0.3, -0.25) is 15.1 Å². The van der Waals surface area contributed by atoms with Gasteiger partial charge < -0.3 is 11.1 Å². The SMILES string of the molecule is CN=C(N)Nc1ncccc1[N+](=O)[O-]. The van der Waals surface area contributed by atoms with E-state index < -0.39 is 4.92 Å². The summed E-state index contributed by atoms with van der Waals surface area (Å²) in [6, 6.07) is 2.81. The molecule has 7 heteroatoms. The van der Waals surface area contributed by atoms with Gasteiger partial charge >= 0.3 is 5.69 Å². The molecule has 1 heterocycles. The highest BCUT2D eigenvalue weighted by atomic mass is 16.6. The fourth-order valence-electron chi connectivity index (χ4n) is 0.818. The number of hydrogen-bond acceptors (Lipinski definition) is 4. The fourth-order valence-corrected chi connectivity index (χ4v) is 0.818. The number of nitro groups is 1. The summed E-state index contributed by atoms with van der Waals surface area (Å²) in [6.45, 7) is 0. The molecule has 0 amide bonds. The molecule has 0 unspecified atom stereocenters. The van der Waals surface area contributed by atoms with Crippen LogP contribution in [-0.2, 0) is 0 Å². The second kappa shape index (κ2) is 4.17. The summed E-state index contributed by atoms with van der Waals surface area (Å²) in [7, 11) is 1.47. The average molecular weight is 195 g/mol. The number of guanidine groups is 1. The Bertz CT molecular complexity index is 376. The van der Waals surface area contributed by atoms with Gasteiger partial charge in [-0.05, 0) is 6.07 Å². The molecule has 0 spiro atoms. The predicted octanol–water partition coefficient (Wildman–Crippen LogP) is 0.346. The van der Waals surface area contributed by atoms with Gasteiger partial charge in [-0.1, -0.05) is 0 Å². The van der Waals surface area contributed by atoms with Crippen LogP contribution in [0.5, 0.6) is 0 Å². The summed E-state index contributed by atoms with van der Waals surface area (Å²) >= 11 is 0. The number of rotatable bonds is 2. The number of hydrogen-bond donors (Lipinski definition) is 2.